The largest absolute Gasteiger partial charge is 0.405 e. The molecule has 3 rings (SSSR count). The van der Waals surface area contributed by atoms with E-state index in [4.69, 9.17) is 5.73 Å². The van der Waals surface area contributed by atoms with Crippen molar-refractivity contribution in [2.24, 2.45) is 28.5 Å². The molecule has 1 heterocycles. The quantitative estimate of drug-likeness (QED) is 0.491. The molecule has 27 heavy (non-hydrogen) atoms. The minimum atomic E-state index is -0.601. The second kappa shape index (κ2) is 8.37. The summed E-state index contributed by atoms with van der Waals surface area (Å²) in [4.78, 5) is 30.2. The predicted molar refractivity (Wildman–Crippen MR) is 104 cm³/mol. The number of nitrogens with one attached hydrogen (secondary N) is 3. The van der Waals surface area contributed by atoms with Gasteiger partial charge < -0.3 is 16.4 Å². The molecule has 1 atom stereocenters. The van der Waals surface area contributed by atoms with Crippen LogP contribution in [0, 0.1) is 17.8 Å². The fraction of sp³-hybridized carbons (Fsp3) is 0.579. The Labute approximate surface area is 159 Å². The first-order valence-electron chi connectivity index (χ1n) is 9.56. The number of amides is 2. The molecule has 2 aliphatic carbocycles. The zero-order valence-electron chi connectivity index (χ0n) is 15.8. The van der Waals surface area contributed by atoms with Crippen molar-refractivity contribution >= 4 is 23.2 Å². The van der Waals surface area contributed by atoms with Crippen LogP contribution in [0.25, 0.3) is 0 Å². The first kappa shape index (κ1) is 19.1. The summed E-state index contributed by atoms with van der Waals surface area (Å²) in [7, 11) is 0. The Hall–Kier alpha value is -2.64. The van der Waals surface area contributed by atoms with Gasteiger partial charge in [-0.2, -0.15) is 5.10 Å². The van der Waals surface area contributed by atoms with E-state index in [9.17, 15) is 9.59 Å². The Balaban J connectivity index is 1.80. The second-order valence-electron chi connectivity index (χ2n) is 7.65. The maximum absolute atomic E-state index is 13.0. The molecule has 2 aliphatic rings. The number of aliphatic imine (C=N–C) groups is 1. The fourth-order valence-corrected chi connectivity index (χ4v) is 3.53. The van der Waals surface area contributed by atoms with E-state index in [0.717, 1.165) is 25.7 Å². The average molecular weight is 372 g/mol. The van der Waals surface area contributed by atoms with Crippen molar-refractivity contribution < 1.29 is 9.59 Å². The van der Waals surface area contributed by atoms with Gasteiger partial charge in [0.15, 0.2) is 0 Å². The van der Waals surface area contributed by atoms with Gasteiger partial charge in [0.2, 0.25) is 5.91 Å². The minimum Gasteiger partial charge on any atom is -0.405 e. The number of aromatic nitrogens is 2. The van der Waals surface area contributed by atoms with Crippen LogP contribution >= 0.6 is 0 Å². The van der Waals surface area contributed by atoms with E-state index in [1.165, 1.54) is 12.3 Å². The third kappa shape index (κ3) is 5.18. The molecule has 5 N–H and O–H groups in total. The molecule has 1 aromatic rings. The normalized spacial score (nSPS) is 18.9. The van der Waals surface area contributed by atoms with Gasteiger partial charge in [-0.3, -0.25) is 19.7 Å². The van der Waals surface area contributed by atoms with E-state index in [-0.39, 0.29) is 29.5 Å². The third-order valence-corrected chi connectivity index (χ3v) is 4.94. The average Bonchev–Trinajstić information content (AvgIpc) is 3.55. The van der Waals surface area contributed by atoms with Crippen molar-refractivity contribution in [2.45, 2.75) is 51.6 Å². The minimum absolute atomic E-state index is 0.0529. The van der Waals surface area contributed by atoms with E-state index in [1.54, 1.807) is 12.4 Å². The Bertz CT molecular complexity index is 705. The van der Waals surface area contributed by atoms with Gasteiger partial charge in [0.25, 0.3) is 5.91 Å². The van der Waals surface area contributed by atoms with Gasteiger partial charge in [0.1, 0.15) is 11.8 Å². The van der Waals surface area contributed by atoms with Gasteiger partial charge in [0.05, 0.1) is 11.9 Å². The molecule has 1 aromatic heterocycles. The molecular weight excluding hydrogens is 344 g/mol. The summed E-state index contributed by atoms with van der Waals surface area (Å²) in [6, 6.07) is -0.654. The summed E-state index contributed by atoms with van der Waals surface area (Å²) in [6.45, 7) is 3.77. The molecule has 0 saturated heterocycles. The van der Waals surface area contributed by atoms with Crippen LogP contribution in [0.3, 0.4) is 0 Å². The molecule has 8 nitrogen and oxygen atoms in total. The summed E-state index contributed by atoms with van der Waals surface area (Å²) < 4.78 is 0. The molecule has 8 heteroatoms. The summed E-state index contributed by atoms with van der Waals surface area (Å²) in [6.07, 6.45) is 10.4. The first-order valence-corrected chi connectivity index (χ1v) is 9.56. The summed E-state index contributed by atoms with van der Waals surface area (Å²) in [5.74, 6) is 0.558. The van der Waals surface area contributed by atoms with Crippen LogP contribution < -0.4 is 16.4 Å². The van der Waals surface area contributed by atoms with Gasteiger partial charge in [0, 0.05) is 12.2 Å². The maximum atomic E-state index is 13.0. The number of rotatable bonds is 9. The predicted octanol–water partition coefficient (Wildman–Crippen LogP) is 1.59. The standard InChI is InChI=1S/C19H28N6O2/c1-11(2)23-15(7-8-20)18(26)25-17(16(12-3-4-12)13-5-6-13)19(27)24-14-9-21-22-10-14/h7-13,16-17H,3-6,20H2,1-2H3,(H,21,22)(H,24,27)(H,25,26). The highest BCUT2D eigenvalue weighted by molar-refractivity contribution is 6.43. The van der Waals surface area contributed by atoms with E-state index in [2.05, 4.69) is 25.8 Å². The second-order valence-corrected chi connectivity index (χ2v) is 7.65. The number of nitrogens with two attached hydrogens (primary N) is 1. The SMILES string of the molecule is CC(C)N=C(C=CN)C(=O)NC(C(=O)Nc1cn[nH]c1)C(C1CC1)C1CC1. The number of hydrogen-bond donors (Lipinski definition) is 4. The van der Waals surface area contributed by atoms with Gasteiger partial charge in [-0.1, -0.05) is 0 Å². The fourth-order valence-electron chi connectivity index (χ4n) is 3.53. The highest BCUT2D eigenvalue weighted by Gasteiger charge is 2.48. The van der Waals surface area contributed by atoms with Crippen LogP contribution in [0.1, 0.15) is 39.5 Å². The summed E-state index contributed by atoms with van der Waals surface area (Å²) >= 11 is 0. The highest BCUT2D eigenvalue weighted by Crippen LogP contribution is 2.50. The Morgan fingerprint density at radius 2 is 1.96 bits per heavy atom. The van der Waals surface area contributed by atoms with Crippen LogP contribution in [0.2, 0.25) is 0 Å². The highest BCUT2D eigenvalue weighted by atomic mass is 16.2. The Morgan fingerprint density at radius 3 is 2.44 bits per heavy atom. The number of aromatic amines is 1. The number of anilines is 1. The molecule has 2 amide bonds. The lowest BCUT2D eigenvalue weighted by Crippen LogP contribution is -2.51. The van der Waals surface area contributed by atoms with E-state index >= 15 is 0 Å². The van der Waals surface area contributed by atoms with E-state index in [1.807, 2.05) is 13.8 Å². The molecule has 146 valence electrons. The zero-order valence-corrected chi connectivity index (χ0v) is 15.8. The zero-order chi connectivity index (χ0) is 19.4. The molecule has 0 bridgehead atoms. The van der Waals surface area contributed by atoms with E-state index in [0.29, 0.717) is 17.5 Å². The third-order valence-electron chi connectivity index (χ3n) is 4.94. The molecule has 0 radical (unpaired) electrons. The molecule has 2 saturated carbocycles. The molecule has 2 fully saturated rings. The van der Waals surface area contributed by atoms with E-state index < -0.39 is 6.04 Å². The van der Waals surface area contributed by atoms with Crippen molar-refractivity contribution in [1.82, 2.24) is 15.5 Å². The molecule has 0 aromatic carbocycles. The first-order chi connectivity index (χ1) is 13.0. The lowest BCUT2D eigenvalue weighted by Gasteiger charge is -2.27. The van der Waals surface area contributed by atoms with Crippen molar-refractivity contribution in [3.8, 4) is 0 Å². The van der Waals surface area contributed by atoms with Gasteiger partial charge in [-0.25, -0.2) is 0 Å². The van der Waals surface area contributed by atoms with Crippen LogP contribution in [-0.4, -0.2) is 39.8 Å². The molecule has 0 aliphatic heterocycles. The van der Waals surface area contributed by atoms with Gasteiger partial charge in [-0.15, -0.1) is 0 Å². The number of nitrogens with zero attached hydrogens (tertiary/aromatic N) is 2. The van der Waals surface area contributed by atoms with Gasteiger partial charge in [-0.05, 0) is 69.6 Å². The summed E-state index contributed by atoms with van der Waals surface area (Å²) in [5.41, 5.74) is 6.29. The van der Waals surface area contributed by atoms with Crippen LogP contribution in [0.4, 0.5) is 5.69 Å². The molecular formula is C19H28N6O2. The lowest BCUT2D eigenvalue weighted by molar-refractivity contribution is -0.124. The number of carbonyl (C=O) groups excluding carboxylic acids is 2. The number of H-pyrrole nitrogens is 1. The van der Waals surface area contributed by atoms with Gasteiger partial charge >= 0.3 is 0 Å². The number of hydrogen-bond acceptors (Lipinski definition) is 5. The van der Waals surface area contributed by atoms with Crippen LogP contribution in [-0.2, 0) is 9.59 Å². The summed E-state index contributed by atoms with van der Waals surface area (Å²) in [5, 5.41) is 12.3. The molecule has 1 unspecified atom stereocenters. The maximum Gasteiger partial charge on any atom is 0.270 e. The van der Waals surface area contributed by atoms with Crippen molar-refractivity contribution in [1.29, 1.82) is 0 Å². The topological polar surface area (TPSA) is 125 Å². The van der Waals surface area contributed by atoms with Crippen LogP contribution in [0.5, 0.6) is 0 Å². The Morgan fingerprint density at radius 1 is 1.30 bits per heavy atom. The smallest absolute Gasteiger partial charge is 0.270 e. The van der Waals surface area contributed by atoms with Crippen LogP contribution in [0.15, 0.2) is 29.7 Å². The van der Waals surface area contributed by atoms with Crippen molar-refractivity contribution in [3.05, 3.63) is 24.7 Å². The molecule has 0 spiro atoms. The van der Waals surface area contributed by atoms with Crippen molar-refractivity contribution in [2.75, 3.05) is 5.32 Å². The lowest BCUT2D eigenvalue weighted by atomic mass is 9.88. The van der Waals surface area contributed by atoms with Crippen molar-refractivity contribution in [3.63, 3.8) is 0 Å². The monoisotopic (exact) mass is 372 g/mol. The number of carbonyl (C=O) groups is 2. The Kier molecular flexibility index (Phi) is 5.93.